The molecule has 1 amide bonds. The number of unbranched alkanes of at least 4 members (excludes halogenated alkanes) is 1. The minimum absolute atomic E-state index is 0.108. The molecule has 0 bridgehead atoms. The molecule has 0 atom stereocenters. The molecule has 0 saturated heterocycles. The monoisotopic (exact) mass is 242 g/mol. The Morgan fingerprint density at radius 2 is 2.19 bits per heavy atom. The molecule has 0 spiro atoms. The standard InChI is InChI=1S/C11H15ClN2O2/c12-8-3-4-9(10(15)7-8)11(16)14-6-2-1-5-13/h3-4,7,15H,1-2,5-6,13H2,(H,14,16). The minimum Gasteiger partial charge on any atom is -0.507 e. The van der Waals surface area contributed by atoms with E-state index in [0.29, 0.717) is 18.1 Å². The molecule has 0 unspecified atom stereocenters. The van der Waals surface area contributed by atoms with Crippen molar-refractivity contribution in [1.29, 1.82) is 0 Å². The van der Waals surface area contributed by atoms with Crippen molar-refractivity contribution in [3.05, 3.63) is 28.8 Å². The fraction of sp³-hybridized carbons (Fsp3) is 0.364. The highest BCUT2D eigenvalue weighted by atomic mass is 35.5. The zero-order valence-electron chi connectivity index (χ0n) is 8.87. The molecular weight excluding hydrogens is 228 g/mol. The normalized spacial score (nSPS) is 10.1. The smallest absolute Gasteiger partial charge is 0.255 e. The van der Waals surface area contributed by atoms with Crippen molar-refractivity contribution in [3.63, 3.8) is 0 Å². The van der Waals surface area contributed by atoms with Gasteiger partial charge in [0.15, 0.2) is 0 Å². The third-order valence-electron chi connectivity index (χ3n) is 2.12. The Labute approximate surface area is 99.4 Å². The first-order valence-electron chi connectivity index (χ1n) is 5.12. The van der Waals surface area contributed by atoms with Gasteiger partial charge in [-0.15, -0.1) is 0 Å². The van der Waals surface area contributed by atoms with Crippen LogP contribution in [0.1, 0.15) is 23.2 Å². The Kier molecular flexibility index (Phi) is 5.08. The molecule has 0 heterocycles. The SMILES string of the molecule is NCCCCNC(=O)c1ccc(Cl)cc1O. The third-order valence-corrected chi connectivity index (χ3v) is 2.36. The van der Waals surface area contributed by atoms with E-state index in [1.54, 1.807) is 6.07 Å². The summed E-state index contributed by atoms with van der Waals surface area (Å²) in [5.41, 5.74) is 5.56. The molecule has 0 fully saturated rings. The van der Waals surface area contributed by atoms with Crippen LogP contribution in [0.2, 0.25) is 5.02 Å². The van der Waals surface area contributed by atoms with Crippen molar-refractivity contribution in [2.24, 2.45) is 5.73 Å². The molecule has 0 aliphatic rings. The van der Waals surface area contributed by atoms with Crippen LogP contribution < -0.4 is 11.1 Å². The van der Waals surface area contributed by atoms with Gasteiger partial charge >= 0.3 is 0 Å². The number of amides is 1. The van der Waals surface area contributed by atoms with Crippen LogP contribution in [0, 0.1) is 0 Å². The molecule has 88 valence electrons. The summed E-state index contributed by atoms with van der Waals surface area (Å²) < 4.78 is 0. The number of nitrogens with one attached hydrogen (secondary N) is 1. The fourth-order valence-electron chi connectivity index (χ4n) is 1.26. The molecule has 1 aromatic carbocycles. The highest BCUT2D eigenvalue weighted by Crippen LogP contribution is 2.21. The van der Waals surface area contributed by atoms with Gasteiger partial charge in [-0.2, -0.15) is 0 Å². The van der Waals surface area contributed by atoms with E-state index in [9.17, 15) is 9.90 Å². The number of benzene rings is 1. The number of hydrogen-bond donors (Lipinski definition) is 3. The molecule has 5 heteroatoms. The highest BCUT2D eigenvalue weighted by Gasteiger charge is 2.10. The summed E-state index contributed by atoms with van der Waals surface area (Å²) in [5.74, 6) is -0.407. The first-order valence-corrected chi connectivity index (χ1v) is 5.49. The molecule has 1 rings (SSSR count). The van der Waals surface area contributed by atoms with E-state index in [2.05, 4.69) is 5.32 Å². The van der Waals surface area contributed by atoms with E-state index in [1.165, 1.54) is 12.1 Å². The summed E-state index contributed by atoms with van der Waals surface area (Å²) in [6.07, 6.45) is 1.70. The van der Waals surface area contributed by atoms with Gasteiger partial charge in [-0.25, -0.2) is 0 Å². The second-order valence-corrected chi connectivity index (χ2v) is 3.85. The maximum Gasteiger partial charge on any atom is 0.255 e. The largest absolute Gasteiger partial charge is 0.507 e. The van der Waals surface area contributed by atoms with Gasteiger partial charge in [0.25, 0.3) is 5.91 Å². The van der Waals surface area contributed by atoms with Crippen LogP contribution in [0.3, 0.4) is 0 Å². The van der Waals surface area contributed by atoms with Crippen LogP contribution in [0.15, 0.2) is 18.2 Å². The van der Waals surface area contributed by atoms with Crippen molar-refractivity contribution in [2.45, 2.75) is 12.8 Å². The van der Waals surface area contributed by atoms with Gasteiger partial charge in [0.05, 0.1) is 5.56 Å². The van der Waals surface area contributed by atoms with Crippen LogP contribution in [0.25, 0.3) is 0 Å². The van der Waals surface area contributed by atoms with Crippen LogP contribution in [0.5, 0.6) is 5.75 Å². The molecular formula is C11H15ClN2O2. The number of aromatic hydroxyl groups is 1. The van der Waals surface area contributed by atoms with Crippen molar-refractivity contribution >= 4 is 17.5 Å². The number of phenolic OH excluding ortho intramolecular Hbond substituents is 1. The van der Waals surface area contributed by atoms with Crippen LogP contribution in [-0.2, 0) is 0 Å². The summed E-state index contributed by atoms with van der Waals surface area (Å²) in [5, 5.41) is 12.6. The molecule has 4 nitrogen and oxygen atoms in total. The summed E-state index contributed by atoms with van der Waals surface area (Å²) in [7, 11) is 0. The predicted octanol–water partition coefficient (Wildman–Crippen LogP) is 1.51. The van der Waals surface area contributed by atoms with Crippen molar-refractivity contribution in [2.75, 3.05) is 13.1 Å². The first-order chi connectivity index (χ1) is 7.65. The van der Waals surface area contributed by atoms with Crippen molar-refractivity contribution < 1.29 is 9.90 Å². The average Bonchev–Trinajstić information content (AvgIpc) is 2.24. The lowest BCUT2D eigenvalue weighted by Gasteiger charge is -2.06. The minimum atomic E-state index is -0.300. The van der Waals surface area contributed by atoms with E-state index in [4.69, 9.17) is 17.3 Å². The molecule has 0 radical (unpaired) electrons. The number of carbonyl (C=O) groups is 1. The third kappa shape index (κ3) is 3.72. The quantitative estimate of drug-likeness (QED) is 0.686. The van der Waals surface area contributed by atoms with Gasteiger partial charge in [0.2, 0.25) is 0 Å². The van der Waals surface area contributed by atoms with E-state index in [-0.39, 0.29) is 17.2 Å². The van der Waals surface area contributed by atoms with Crippen molar-refractivity contribution in [1.82, 2.24) is 5.32 Å². The summed E-state index contributed by atoms with van der Waals surface area (Å²) >= 11 is 5.66. The molecule has 0 saturated carbocycles. The number of halogens is 1. The number of nitrogens with two attached hydrogens (primary N) is 1. The molecule has 1 aromatic rings. The van der Waals surface area contributed by atoms with Crippen LogP contribution >= 0.6 is 11.6 Å². The zero-order valence-corrected chi connectivity index (χ0v) is 9.63. The number of carbonyl (C=O) groups excluding carboxylic acids is 1. The van der Waals surface area contributed by atoms with Gasteiger partial charge in [-0.3, -0.25) is 4.79 Å². The van der Waals surface area contributed by atoms with Gasteiger partial charge in [0.1, 0.15) is 5.75 Å². The Morgan fingerprint density at radius 3 is 2.81 bits per heavy atom. The van der Waals surface area contributed by atoms with Gasteiger partial charge in [-0.05, 0) is 37.6 Å². The lowest BCUT2D eigenvalue weighted by atomic mass is 10.2. The van der Waals surface area contributed by atoms with Crippen LogP contribution in [-0.4, -0.2) is 24.1 Å². The van der Waals surface area contributed by atoms with Crippen molar-refractivity contribution in [3.8, 4) is 5.75 Å². The lowest BCUT2D eigenvalue weighted by molar-refractivity contribution is 0.0950. The van der Waals surface area contributed by atoms with E-state index in [0.717, 1.165) is 12.8 Å². The fourth-order valence-corrected chi connectivity index (χ4v) is 1.43. The predicted molar refractivity (Wildman–Crippen MR) is 63.7 cm³/mol. The molecule has 0 aliphatic heterocycles. The molecule has 16 heavy (non-hydrogen) atoms. The molecule has 0 aliphatic carbocycles. The number of phenols is 1. The Balaban J connectivity index is 2.53. The van der Waals surface area contributed by atoms with Crippen LogP contribution in [0.4, 0.5) is 0 Å². The topological polar surface area (TPSA) is 75.3 Å². The number of rotatable bonds is 5. The first kappa shape index (κ1) is 12.8. The Morgan fingerprint density at radius 1 is 1.44 bits per heavy atom. The van der Waals surface area contributed by atoms with Gasteiger partial charge < -0.3 is 16.2 Å². The second-order valence-electron chi connectivity index (χ2n) is 3.41. The Hall–Kier alpha value is -1.26. The number of hydrogen-bond acceptors (Lipinski definition) is 3. The average molecular weight is 243 g/mol. The maximum absolute atomic E-state index is 11.6. The summed E-state index contributed by atoms with van der Waals surface area (Å²) in [4.78, 5) is 11.6. The molecule has 0 aromatic heterocycles. The van der Waals surface area contributed by atoms with E-state index >= 15 is 0 Å². The summed E-state index contributed by atoms with van der Waals surface area (Å²) in [6.45, 7) is 1.17. The second kappa shape index (κ2) is 6.35. The zero-order chi connectivity index (χ0) is 12.0. The van der Waals surface area contributed by atoms with E-state index in [1.807, 2.05) is 0 Å². The van der Waals surface area contributed by atoms with Gasteiger partial charge in [-0.1, -0.05) is 11.6 Å². The summed E-state index contributed by atoms with van der Waals surface area (Å²) in [6, 6.07) is 4.41. The molecule has 4 N–H and O–H groups in total. The Bertz CT molecular complexity index is 369. The maximum atomic E-state index is 11.6. The van der Waals surface area contributed by atoms with Gasteiger partial charge in [0, 0.05) is 11.6 Å². The highest BCUT2D eigenvalue weighted by molar-refractivity contribution is 6.30. The lowest BCUT2D eigenvalue weighted by Crippen LogP contribution is -2.24. The van der Waals surface area contributed by atoms with E-state index < -0.39 is 0 Å².